The van der Waals surface area contributed by atoms with Gasteiger partial charge in [-0.25, -0.2) is 4.39 Å². The Morgan fingerprint density at radius 1 is 1.18 bits per heavy atom. The van der Waals surface area contributed by atoms with Crippen LogP contribution in [0.5, 0.6) is 5.88 Å². The van der Waals surface area contributed by atoms with Crippen LogP contribution in [0.25, 0.3) is 26.9 Å². The monoisotopic (exact) mass is 698 g/mol. The minimum atomic E-state index is -0.648. The van der Waals surface area contributed by atoms with E-state index in [0.29, 0.717) is 22.5 Å². The lowest BCUT2D eigenvalue weighted by molar-refractivity contribution is -0.115. The number of nitriles is 1. The van der Waals surface area contributed by atoms with Crippen molar-refractivity contribution >= 4 is 38.7 Å². The number of thiophene rings is 1. The van der Waals surface area contributed by atoms with Gasteiger partial charge in [0.05, 0.1) is 30.7 Å². The van der Waals surface area contributed by atoms with Crippen LogP contribution in [0.3, 0.4) is 0 Å². The number of aromatic nitrogens is 4. The highest BCUT2D eigenvalue weighted by molar-refractivity contribution is 7.19. The number of fused-ring (bicyclic) bond motifs is 3. The van der Waals surface area contributed by atoms with E-state index in [2.05, 4.69) is 22.0 Å². The highest BCUT2D eigenvalue weighted by Crippen LogP contribution is 2.35. The standard InChI is InChI=1S/C35H31FN6O5S.2CH4/c1-20(16-37)29(44)8-6-12-47-32-11-5-10-31(40-32)39-27-13-21(18-41(2)34(27)45)24-14-22(36)15-28(26(24)19-43)42-35(46)33-25(17-38-42)23-7-3-4-9-30(23)48-33;;/h5,10-11,13-15,17-18,43H,1,3-4,6-9,12,19H2,2H3,(H,39,40);2*1H4. The maximum atomic E-state index is 15.3. The van der Waals surface area contributed by atoms with Crippen molar-refractivity contribution in [3.8, 4) is 28.8 Å². The van der Waals surface area contributed by atoms with E-state index >= 15 is 4.39 Å². The summed E-state index contributed by atoms with van der Waals surface area (Å²) in [7, 11) is 1.55. The van der Waals surface area contributed by atoms with Crippen LogP contribution in [0.15, 0.2) is 70.5 Å². The minimum absolute atomic E-state index is 0. The molecule has 0 aliphatic heterocycles. The number of nitrogens with one attached hydrogen (secondary N) is 1. The number of hydrogen-bond acceptors (Lipinski definition) is 10. The fourth-order valence-electron chi connectivity index (χ4n) is 5.83. The van der Waals surface area contributed by atoms with Gasteiger partial charge in [-0.15, -0.1) is 11.3 Å². The first-order chi connectivity index (χ1) is 23.2. The number of pyridine rings is 2. The first-order valence-electron chi connectivity index (χ1n) is 15.3. The van der Waals surface area contributed by atoms with E-state index < -0.39 is 18.0 Å². The normalized spacial score (nSPS) is 11.9. The summed E-state index contributed by atoms with van der Waals surface area (Å²) in [5.41, 5.74) is 1.46. The fraction of sp³-hybridized carbons (Fsp3) is 0.297. The number of hydrogen-bond donors (Lipinski definition) is 2. The van der Waals surface area contributed by atoms with Crippen LogP contribution in [0.4, 0.5) is 15.9 Å². The van der Waals surface area contributed by atoms with Crippen LogP contribution in [0, 0.1) is 17.1 Å². The smallest absolute Gasteiger partial charge is 0.289 e. The van der Waals surface area contributed by atoms with E-state index in [1.807, 2.05) is 0 Å². The summed E-state index contributed by atoms with van der Waals surface area (Å²) in [6, 6.07) is 10.6. The zero-order valence-electron chi connectivity index (χ0n) is 26.1. The Morgan fingerprint density at radius 3 is 2.72 bits per heavy atom. The molecule has 0 fully saturated rings. The van der Waals surface area contributed by atoms with Crippen LogP contribution in [-0.2, 0) is 31.3 Å². The van der Waals surface area contributed by atoms with Gasteiger partial charge in [-0.05, 0) is 61.4 Å². The maximum absolute atomic E-state index is 15.3. The number of aliphatic hydroxyl groups is 1. The maximum Gasteiger partial charge on any atom is 0.289 e. The lowest BCUT2D eigenvalue weighted by Crippen LogP contribution is -2.22. The van der Waals surface area contributed by atoms with E-state index in [4.69, 9.17) is 10.00 Å². The molecule has 1 aliphatic rings. The van der Waals surface area contributed by atoms with E-state index in [-0.39, 0.29) is 73.2 Å². The lowest BCUT2D eigenvalue weighted by atomic mass is 9.97. The van der Waals surface area contributed by atoms with E-state index in [1.54, 1.807) is 37.5 Å². The lowest BCUT2D eigenvalue weighted by Gasteiger charge is -2.17. The van der Waals surface area contributed by atoms with Gasteiger partial charge in [0.15, 0.2) is 5.78 Å². The number of aryl methyl sites for hydroxylation is 3. The van der Waals surface area contributed by atoms with Crippen molar-refractivity contribution in [1.82, 2.24) is 19.3 Å². The van der Waals surface area contributed by atoms with Crippen molar-refractivity contribution < 1.29 is 19.0 Å². The zero-order valence-corrected chi connectivity index (χ0v) is 26.9. The molecule has 6 rings (SSSR count). The molecular formula is C37H39FN6O5S. The Labute approximate surface area is 292 Å². The van der Waals surface area contributed by atoms with Gasteiger partial charge in [0.1, 0.15) is 28.1 Å². The molecule has 5 aromatic rings. The van der Waals surface area contributed by atoms with Gasteiger partial charge >= 0.3 is 0 Å². The molecule has 0 bridgehead atoms. The number of rotatable bonds is 11. The molecule has 50 heavy (non-hydrogen) atoms. The number of ether oxygens (including phenoxy) is 1. The second-order valence-corrected chi connectivity index (χ2v) is 12.5. The van der Waals surface area contributed by atoms with Gasteiger partial charge in [-0.1, -0.05) is 27.5 Å². The fourth-order valence-corrected chi connectivity index (χ4v) is 7.12. The number of carbonyl (C=O) groups is 1. The summed E-state index contributed by atoms with van der Waals surface area (Å²) in [4.78, 5) is 44.2. The zero-order chi connectivity index (χ0) is 33.9. The molecule has 13 heteroatoms. The molecule has 260 valence electrons. The highest BCUT2D eigenvalue weighted by atomic mass is 32.1. The van der Waals surface area contributed by atoms with E-state index in [0.717, 1.165) is 41.3 Å². The van der Waals surface area contributed by atoms with Gasteiger partial charge in [0.2, 0.25) is 5.88 Å². The number of allylic oxidation sites excluding steroid dienone is 1. The van der Waals surface area contributed by atoms with Crippen LogP contribution < -0.4 is 21.2 Å². The summed E-state index contributed by atoms with van der Waals surface area (Å²) in [5, 5.41) is 27.6. The SMILES string of the molecule is C.C.C=C(C#N)C(=O)CCCOc1cccc(Nc2cc(-c3cc(F)cc(-n4ncc5c6c(sc5c4=O)CCCC6)c3CO)cn(C)c2=O)n1. The second kappa shape index (κ2) is 15.8. The number of nitrogens with zero attached hydrogens (tertiary/aromatic N) is 5. The third-order valence-electron chi connectivity index (χ3n) is 8.23. The summed E-state index contributed by atoms with van der Waals surface area (Å²) in [5.74, 6) is -0.454. The van der Waals surface area contributed by atoms with Crippen LogP contribution >= 0.6 is 11.3 Å². The van der Waals surface area contributed by atoms with Crippen molar-refractivity contribution in [2.75, 3.05) is 11.9 Å². The van der Waals surface area contributed by atoms with Gasteiger partial charge in [-0.3, -0.25) is 14.4 Å². The molecule has 4 aromatic heterocycles. The Balaban J connectivity index is 0.00000281. The summed E-state index contributed by atoms with van der Waals surface area (Å²) in [6.07, 6.45) is 7.57. The van der Waals surface area contributed by atoms with E-state index in [9.17, 15) is 19.5 Å². The van der Waals surface area contributed by atoms with Gasteiger partial charge in [0, 0.05) is 53.2 Å². The predicted octanol–water partition coefficient (Wildman–Crippen LogP) is 6.54. The topological polar surface area (TPSA) is 152 Å². The van der Waals surface area contributed by atoms with Crippen molar-refractivity contribution in [3.63, 3.8) is 0 Å². The molecule has 2 N–H and O–H groups in total. The van der Waals surface area contributed by atoms with Crippen LogP contribution in [0.1, 0.15) is 56.5 Å². The molecule has 0 saturated carbocycles. The van der Waals surface area contributed by atoms with Crippen molar-refractivity contribution in [1.29, 1.82) is 5.26 Å². The Bertz CT molecular complexity index is 2250. The Hall–Kier alpha value is -5.45. The summed E-state index contributed by atoms with van der Waals surface area (Å²) >= 11 is 1.45. The first-order valence-corrected chi connectivity index (χ1v) is 16.2. The molecular weight excluding hydrogens is 660 g/mol. The average molecular weight is 699 g/mol. The molecule has 1 aromatic carbocycles. The molecule has 0 unspecified atom stereocenters. The number of benzene rings is 1. The van der Waals surface area contributed by atoms with Crippen LogP contribution in [0.2, 0.25) is 0 Å². The highest BCUT2D eigenvalue weighted by Gasteiger charge is 2.22. The van der Waals surface area contributed by atoms with Crippen molar-refractivity contribution in [2.45, 2.75) is 60.0 Å². The van der Waals surface area contributed by atoms with E-state index in [1.165, 1.54) is 45.2 Å². The van der Waals surface area contributed by atoms with Gasteiger partial charge in [-0.2, -0.15) is 20.0 Å². The number of Topliss-reactive ketones (excluding diaryl/α,β-unsaturated/α-hetero) is 1. The van der Waals surface area contributed by atoms with Gasteiger partial charge in [0.25, 0.3) is 11.1 Å². The third-order valence-corrected chi connectivity index (χ3v) is 9.52. The van der Waals surface area contributed by atoms with Crippen LogP contribution in [-0.4, -0.2) is 36.8 Å². The summed E-state index contributed by atoms with van der Waals surface area (Å²) < 4.78 is 23.9. The molecule has 0 amide bonds. The average Bonchev–Trinajstić information content (AvgIpc) is 3.48. The van der Waals surface area contributed by atoms with Crippen molar-refractivity contribution in [2.24, 2.45) is 7.05 Å². The number of ketones is 1. The quantitative estimate of drug-likeness (QED) is 0.0890. The first kappa shape index (κ1) is 37.4. The molecule has 11 nitrogen and oxygen atoms in total. The number of halogens is 1. The molecule has 1 aliphatic carbocycles. The van der Waals surface area contributed by atoms with Crippen molar-refractivity contribution in [3.05, 3.63) is 103 Å². The predicted molar refractivity (Wildman–Crippen MR) is 194 cm³/mol. The Morgan fingerprint density at radius 2 is 1.96 bits per heavy atom. The number of aliphatic hydroxyl groups excluding tert-OH is 1. The summed E-state index contributed by atoms with van der Waals surface area (Å²) in [6.45, 7) is 3.05. The largest absolute Gasteiger partial charge is 0.478 e. The molecule has 0 spiro atoms. The number of carbonyl (C=O) groups excluding carboxylic acids is 1. The third kappa shape index (κ3) is 7.41. The molecule has 4 heterocycles. The molecule has 0 radical (unpaired) electrons. The second-order valence-electron chi connectivity index (χ2n) is 11.4. The molecule has 0 atom stereocenters. The Kier molecular flexibility index (Phi) is 11.8. The number of anilines is 2. The minimum Gasteiger partial charge on any atom is -0.478 e. The molecule has 0 saturated heterocycles. The van der Waals surface area contributed by atoms with Gasteiger partial charge < -0.3 is 19.7 Å².